The highest BCUT2D eigenvalue weighted by atomic mass is 16.6. The normalized spacial score (nSPS) is 19.8. The number of rotatable bonds is 10. The molecule has 2 aliphatic rings. The Bertz CT molecular complexity index is 868. The molecule has 2 amide bonds. The van der Waals surface area contributed by atoms with E-state index in [9.17, 15) is 9.59 Å². The third-order valence-corrected chi connectivity index (χ3v) is 6.47. The van der Waals surface area contributed by atoms with Gasteiger partial charge in [0.1, 0.15) is 6.61 Å². The Kier molecular flexibility index (Phi) is 7.91. The maximum absolute atomic E-state index is 13.5. The van der Waals surface area contributed by atoms with E-state index < -0.39 is 6.09 Å². The van der Waals surface area contributed by atoms with Crippen molar-refractivity contribution in [2.45, 2.75) is 51.2 Å². The fourth-order valence-electron chi connectivity index (χ4n) is 4.75. The van der Waals surface area contributed by atoms with Crippen molar-refractivity contribution in [2.24, 2.45) is 11.8 Å². The number of amides is 2. The lowest BCUT2D eigenvalue weighted by Crippen LogP contribution is -2.46. The lowest BCUT2D eigenvalue weighted by atomic mass is 9.91. The van der Waals surface area contributed by atoms with Gasteiger partial charge < -0.3 is 4.74 Å². The van der Waals surface area contributed by atoms with Crippen LogP contribution in [0.4, 0.5) is 4.79 Å². The van der Waals surface area contributed by atoms with Crippen LogP contribution in [0, 0.1) is 11.8 Å². The molecule has 32 heavy (non-hydrogen) atoms. The topological polar surface area (TPSA) is 67.9 Å². The molecule has 0 radical (unpaired) electrons. The van der Waals surface area contributed by atoms with E-state index in [1.54, 1.807) is 0 Å². The van der Waals surface area contributed by atoms with Gasteiger partial charge in [0.25, 0.3) is 0 Å². The van der Waals surface area contributed by atoms with E-state index in [1.807, 2.05) is 60.7 Å². The molecule has 6 heteroatoms. The van der Waals surface area contributed by atoms with Gasteiger partial charge in [-0.2, -0.15) is 0 Å². The molecule has 0 aromatic heterocycles. The summed E-state index contributed by atoms with van der Waals surface area (Å²) in [5.41, 5.74) is 5.14. The van der Waals surface area contributed by atoms with Crippen molar-refractivity contribution >= 4 is 12.0 Å². The minimum atomic E-state index is -0.530. The van der Waals surface area contributed by atoms with Crippen LogP contribution < -0.4 is 5.48 Å². The van der Waals surface area contributed by atoms with Crippen LogP contribution in [0.5, 0.6) is 0 Å². The van der Waals surface area contributed by atoms with Crippen molar-refractivity contribution in [3.05, 3.63) is 71.8 Å². The number of carbonyl (C=O) groups excluding carboxylic acids is 2. The maximum Gasteiger partial charge on any atom is 0.416 e. The Morgan fingerprint density at radius 3 is 2.38 bits per heavy atom. The van der Waals surface area contributed by atoms with Crippen LogP contribution >= 0.6 is 0 Å². The summed E-state index contributed by atoms with van der Waals surface area (Å²) in [6, 6.07) is 19.6. The van der Waals surface area contributed by atoms with Gasteiger partial charge in [-0.25, -0.2) is 15.2 Å². The zero-order valence-electron chi connectivity index (χ0n) is 18.4. The number of hydroxylamine groups is 1. The molecule has 2 aromatic rings. The third kappa shape index (κ3) is 5.96. The molecule has 170 valence electrons. The van der Waals surface area contributed by atoms with Gasteiger partial charge >= 0.3 is 6.09 Å². The summed E-state index contributed by atoms with van der Waals surface area (Å²) in [4.78, 5) is 33.0. The summed E-state index contributed by atoms with van der Waals surface area (Å²) in [6.07, 6.45) is 5.56. The molecule has 2 unspecified atom stereocenters. The first-order valence-electron chi connectivity index (χ1n) is 11.6. The quantitative estimate of drug-likeness (QED) is 0.439. The number of hydrogen-bond acceptors (Lipinski definition) is 5. The van der Waals surface area contributed by atoms with Crippen LogP contribution in [0.25, 0.3) is 0 Å². The van der Waals surface area contributed by atoms with Crippen molar-refractivity contribution in [1.29, 1.82) is 0 Å². The van der Waals surface area contributed by atoms with E-state index in [-0.39, 0.29) is 24.5 Å². The van der Waals surface area contributed by atoms with E-state index in [2.05, 4.69) is 5.48 Å². The first-order valence-corrected chi connectivity index (χ1v) is 11.6. The molecule has 1 N–H and O–H groups in total. The zero-order valence-corrected chi connectivity index (χ0v) is 18.4. The molecule has 0 spiro atoms. The molecule has 1 saturated carbocycles. The summed E-state index contributed by atoms with van der Waals surface area (Å²) in [5.74, 6) is 0.0417. The van der Waals surface area contributed by atoms with Gasteiger partial charge in [-0.1, -0.05) is 86.3 Å². The van der Waals surface area contributed by atoms with Crippen LogP contribution in [-0.4, -0.2) is 36.1 Å². The highest BCUT2D eigenvalue weighted by Crippen LogP contribution is 2.32. The second kappa shape index (κ2) is 11.2. The summed E-state index contributed by atoms with van der Waals surface area (Å²) in [7, 11) is 0. The summed E-state index contributed by atoms with van der Waals surface area (Å²) >= 11 is 0. The average Bonchev–Trinajstić information content (AvgIpc) is 3.46. The minimum Gasteiger partial charge on any atom is -0.447 e. The molecule has 2 fully saturated rings. The predicted octanol–water partition coefficient (Wildman–Crippen LogP) is 4.49. The van der Waals surface area contributed by atoms with Gasteiger partial charge in [0, 0.05) is 6.54 Å². The minimum absolute atomic E-state index is 0.156. The van der Waals surface area contributed by atoms with Gasteiger partial charge in [0.05, 0.1) is 18.6 Å². The van der Waals surface area contributed by atoms with Gasteiger partial charge in [0.15, 0.2) is 0 Å². The van der Waals surface area contributed by atoms with Gasteiger partial charge in [-0.05, 0) is 29.9 Å². The van der Waals surface area contributed by atoms with Gasteiger partial charge in [-0.15, -0.1) is 0 Å². The summed E-state index contributed by atoms with van der Waals surface area (Å²) < 4.78 is 5.29. The number of ether oxygens (including phenoxy) is 1. The van der Waals surface area contributed by atoms with Crippen LogP contribution in [0.2, 0.25) is 0 Å². The Morgan fingerprint density at radius 2 is 1.69 bits per heavy atom. The summed E-state index contributed by atoms with van der Waals surface area (Å²) in [5, 5.41) is 0. The van der Waals surface area contributed by atoms with Crippen LogP contribution in [-0.2, 0) is 27.4 Å². The molecule has 0 bridgehead atoms. The first-order chi connectivity index (χ1) is 15.7. The monoisotopic (exact) mass is 436 g/mol. The number of cyclic esters (lactones) is 1. The Hall–Kier alpha value is -2.70. The molecule has 2 aromatic carbocycles. The average molecular weight is 437 g/mol. The van der Waals surface area contributed by atoms with Crippen LogP contribution in [0.15, 0.2) is 60.7 Å². The number of nitrogens with one attached hydrogen (secondary N) is 1. The maximum atomic E-state index is 13.5. The van der Waals surface area contributed by atoms with E-state index >= 15 is 0 Å². The van der Waals surface area contributed by atoms with E-state index in [0.29, 0.717) is 25.5 Å². The highest BCUT2D eigenvalue weighted by molar-refractivity contribution is 5.95. The molecule has 4 rings (SSSR count). The number of benzene rings is 2. The standard InChI is InChI=1S/C26H32N2O4/c29-25(28-24(19-31-26(28)30)16-21-9-3-1-4-10-21)23(15-20-11-7-8-12-20)17-27-32-18-22-13-5-2-6-14-22/h1-6,9-10,13-14,20,23-24,27H,7-8,11-12,15-19H2. The highest BCUT2D eigenvalue weighted by Gasteiger charge is 2.41. The fourth-order valence-corrected chi connectivity index (χ4v) is 4.75. The van der Waals surface area contributed by atoms with Crippen molar-refractivity contribution < 1.29 is 19.2 Å². The second-order valence-electron chi connectivity index (χ2n) is 8.83. The predicted molar refractivity (Wildman–Crippen MR) is 121 cm³/mol. The Morgan fingerprint density at radius 1 is 1.03 bits per heavy atom. The second-order valence-corrected chi connectivity index (χ2v) is 8.83. The lowest BCUT2D eigenvalue weighted by molar-refractivity contribution is -0.135. The number of hydrogen-bond donors (Lipinski definition) is 1. The molecular weight excluding hydrogens is 404 g/mol. The molecule has 1 heterocycles. The van der Waals surface area contributed by atoms with Crippen LogP contribution in [0.3, 0.4) is 0 Å². The molecule has 2 atom stereocenters. The smallest absolute Gasteiger partial charge is 0.416 e. The first kappa shape index (κ1) is 22.5. The fraction of sp³-hybridized carbons (Fsp3) is 0.462. The van der Waals surface area contributed by atoms with E-state index in [4.69, 9.17) is 9.57 Å². The van der Waals surface area contributed by atoms with Crippen LogP contribution in [0.1, 0.15) is 43.2 Å². The van der Waals surface area contributed by atoms with Crippen molar-refractivity contribution in [2.75, 3.05) is 13.2 Å². The number of nitrogens with zero attached hydrogens (tertiary/aromatic N) is 1. The van der Waals surface area contributed by atoms with Crippen molar-refractivity contribution in [3.63, 3.8) is 0 Å². The molecule has 1 saturated heterocycles. The summed E-state index contributed by atoms with van der Waals surface area (Å²) in [6.45, 7) is 1.05. The largest absolute Gasteiger partial charge is 0.447 e. The van der Waals surface area contributed by atoms with E-state index in [0.717, 1.165) is 30.4 Å². The molecule has 1 aliphatic carbocycles. The van der Waals surface area contributed by atoms with Gasteiger partial charge in [-0.3, -0.25) is 9.63 Å². The Balaban J connectivity index is 1.39. The molecule has 1 aliphatic heterocycles. The molecular formula is C26H32N2O4. The van der Waals surface area contributed by atoms with Crippen molar-refractivity contribution in [3.8, 4) is 0 Å². The van der Waals surface area contributed by atoms with E-state index in [1.165, 1.54) is 17.7 Å². The molecule has 6 nitrogen and oxygen atoms in total. The number of carbonyl (C=O) groups is 2. The zero-order chi connectivity index (χ0) is 22.2. The lowest BCUT2D eigenvalue weighted by Gasteiger charge is -2.26. The Labute approximate surface area is 189 Å². The third-order valence-electron chi connectivity index (χ3n) is 6.47. The SMILES string of the molecule is O=C1OCC(Cc2ccccc2)N1C(=O)C(CNOCc1ccccc1)CC1CCCC1. The van der Waals surface area contributed by atoms with Crippen molar-refractivity contribution in [1.82, 2.24) is 10.4 Å². The number of imide groups is 1. The van der Waals surface area contributed by atoms with Gasteiger partial charge in [0.2, 0.25) is 5.91 Å².